The molecule has 0 aliphatic carbocycles. The average Bonchev–Trinajstić information content (AvgIpc) is 2.97. The standard InChI is InChI=1S/C15H18N6/c1-21(2)13(11-6-4-3-5-7-11)9-16-14-12-8-19-20-15(12)18-10-17-14/h3-8,10,13H,9H2,1-2H3,(H2,16,17,18,19,20)/t13-/m0/s1. The van der Waals surface area contributed by atoms with Crippen LogP contribution in [-0.2, 0) is 0 Å². The highest BCUT2D eigenvalue weighted by Gasteiger charge is 2.14. The molecule has 1 atom stereocenters. The molecule has 0 spiro atoms. The van der Waals surface area contributed by atoms with E-state index in [1.165, 1.54) is 11.9 Å². The van der Waals surface area contributed by atoms with Gasteiger partial charge in [0.15, 0.2) is 5.65 Å². The van der Waals surface area contributed by atoms with Gasteiger partial charge >= 0.3 is 0 Å². The third-order valence-corrected chi connectivity index (χ3v) is 3.52. The number of aromatic nitrogens is 4. The second-order valence-electron chi connectivity index (χ2n) is 5.13. The van der Waals surface area contributed by atoms with Crippen molar-refractivity contribution in [2.75, 3.05) is 26.0 Å². The van der Waals surface area contributed by atoms with Gasteiger partial charge in [0.05, 0.1) is 17.6 Å². The number of nitrogens with one attached hydrogen (secondary N) is 2. The summed E-state index contributed by atoms with van der Waals surface area (Å²) in [7, 11) is 4.15. The minimum atomic E-state index is 0.267. The van der Waals surface area contributed by atoms with Crippen LogP contribution in [-0.4, -0.2) is 45.7 Å². The Hall–Kier alpha value is -2.47. The van der Waals surface area contributed by atoms with Crippen molar-refractivity contribution < 1.29 is 0 Å². The van der Waals surface area contributed by atoms with Gasteiger partial charge in [0.1, 0.15) is 12.1 Å². The lowest BCUT2D eigenvalue weighted by Crippen LogP contribution is -2.27. The molecule has 6 heteroatoms. The molecule has 2 heterocycles. The molecule has 0 aliphatic heterocycles. The van der Waals surface area contributed by atoms with Crippen molar-refractivity contribution in [3.05, 3.63) is 48.4 Å². The zero-order chi connectivity index (χ0) is 14.7. The summed E-state index contributed by atoms with van der Waals surface area (Å²) in [5.74, 6) is 0.802. The molecule has 0 aliphatic rings. The lowest BCUT2D eigenvalue weighted by Gasteiger charge is -2.25. The van der Waals surface area contributed by atoms with Crippen molar-refractivity contribution in [3.8, 4) is 0 Å². The van der Waals surface area contributed by atoms with Crippen molar-refractivity contribution in [3.63, 3.8) is 0 Å². The summed E-state index contributed by atoms with van der Waals surface area (Å²) < 4.78 is 0. The van der Waals surface area contributed by atoms with Crippen molar-refractivity contribution in [2.45, 2.75) is 6.04 Å². The van der Waals surface area contributed by atoms with Crippen molar-refractivity contribution in [1.29, 1.82) is 0 Å². The highest BCUT2D eigenvalue weighted by Crippen LogP contribution is 2.21. The number of likely N-dealkylation sites (N-methyl/N-ethyl adjacent to an activating group) is 1. The van der Waals surface area contributed by atoms with Crippen LogP contribution in [0.3, 0.4) is 0 Å². The lowest BCUT2D eigenvalue weighted by molar-refractivity contribution is 0.311. The Labute approximate surface area is 123 Å². The van der Waals surface area contributed by atoms with E-state index < -0.39 is 0 Å². The number of nitrogens with zero attached hydrogens (tertiary/aromatic N) is 4. The van der Waals surface area contributed by atoms with E-state index in [1.54, 1.807) is 6.20 Å². The quantitative estimate of drug-likeness (QED) is 0.749. The highest BCUT2D eigenvalue weighted by atomic mass is 15.2. The Morgan fingerprint density at radius 2 is 2.00 bits per heavy atom. The van der Waals surface area contributed by atoms with Crippen molar-refractivity contribution in [1.82, 2.24) is 25.1 Å². The van der Waals surface area contributed by atoms with Gasteiger partial charge in [-0.1, -0.05) is 30.3 Å². The van der Waals surface area contributed by atoms with Crippen molar-refractivity contribution >= 4 is 16.9 Å². The van der Waals surface area contributed by atoms with E-state index in [1.807, 2.05) is 6.07 Å². The third-order valence-electron chi connectivity index (χ3n) is 3.52. The van der Waals surface area contributed by atoms with Gasteiger partial charge < -0.3 is 10.2 Å². The van der Waals surface area contributed by atoms with Crippen LogP contribution in [0.1, 0.15) is 11.6 Å². The first-order chi connectivity index (χ1) is 10.3. The Balaban J connectivity index is 1.80. The van der Waals surface area contributed by atoms with E-state index in [0.29, 0.717) is 0 Å². The molecule has 0 amide bonds. The molecule has 6 nitrogen and oxygen atoms in total. The van der Waals surface area contributed by atoms with E-state index in [9.17, 15) is 0 Å². The zero-order valence-corrected chi connectivity index (χ0v) is 12.1. The first-order valence-electron chi connectivity index (χ1n) is 6.85. The Morgan fingerprint density at radius 3 is 2.76 bits per heavy atom. The fourth-order valence-electron chi connectivity index (χ4n) is 2.37. The van der Waals surface area contributed by atoms with Crippen LogP contribution in [0.25, 0.3) is 11.0 Å². The predicted octanol–water partition coefficient (Wildman–Crippen LogP) is 2.07. The number of rotatable bonds is 5. The van der Waals surface area contributed by atoms with Crippen LogP contribution in [0.5, 0.6) is 0 Å². The SMILES string of the molecule is CN(C)[C@@H](CNc1ncnc2[nH]ncc12)c1ccccc1. The number of benzene rings is 1. The molecule has 0 fully saturated rings. The Bertz CT molecular complexity index is 706. The van der Waals surface area contributed by atoms with Crippen LogP contribution in [0.15, 0.2) is 42.9 Å². The summed E-state index contributed by atoms with van der Waals surface area (Å²) in [4.78, 5) is 10.6. The van der Waals surface area contributed by atoms with Crippen LogP contribution < -0.4 is 5.32 Å². The van der Waals surface area contributed by atoms with E-state index in [4.69, 9.17) is 0 Å². The number of anilines is 1. The molecule has 3 aromatic rings. The number of fused-ring (bicyclic) bond motifs is 1. The predicted molar refractivity (Wildman–Crippen MR) is 83.0 cm³/mol. The average molecular weight is 282 g/mol. The molecule has 0 radical (unpaired) electrons. The van der Waals surface area contributed by atoms with Crippen LogP contribution in [0.2, 0.25) is 0 Å². The fourth-order valence-corrected chi connectivity index (χ4v) is 2.37. The van der Waals surface area contributed by atoms with Gasteiger partial charge in [0, 0.05) is 6.54 Å². The minimum Gasteiger partial charge on any atom is -0.367 e. The van der Waals surface area contributed by atoms with Gasteiger partial charge in [0.25, 0.3) is 0 Å². The number of hydrogen-bond acceptors (Lipinski definition) is 5. The first kappa shape index (κ1) is 13.5. The minimum absolute atomic E-state index is 0.267. The summed E-state index contributed by atoms with van der Waals surface area (Å²) in [6.45, 7) is 0.758. The largest absolute Gasteiger partial charge is 0.367 e. The molecule has 0 saturated heterocycles. The second kappa shape index (κ2) is 5.88. The van der Waals surface area contributed by atoms with E-state index in [-0.39, 0.29) is 6.04 Å². The topological polar surface area (TPSA) is 69.7 Å². The maximum absolute atomic E-state index is 4.30. The first-order valence-corrected chi connectivity index (χ1v) is 6.85. The molecule has 1 aromatic carbocycles. The molecule has 21 heavy (non-hydrogen) atoms. The van der Waals surface area contributed by atoms with Gasteiger partial charge in [-0.05, 0) is 19.7 Å². The molecule has 0 bridgehead atoms. The van der Waals surface area contributed by atoms with Gasteiger partial charge in [0.2, 0.25) is 0 Å². The fraction of sp³-hybridized carbons (Fsp3) is 0.267. The second-order valence-corrected chi connectivity index (χ2v) is 5.13. The summed E-state index contributed by atoms with van der Waals surface area (Å²) in [6.07, 6.45) is 3.28. The molecule has 3 rings (SSSR count). The van der Waals surface area contributed by atoms with Gasteiger partial charge in [-0.3, -0.25) is 5.10 Å². The number of H-pyrrole nitrogens is 1. The van der Waals surface area contributed by atoms with Gasteiger partial charge in [-0.15, -0.1) is 0 Å². The summed E-state index contributed by atoms with van der Waals surface area (Å²) in [6, 6.07) is 10.7. The van der Waals surface area contributed by atoms with Gasteiger partial charge in [-0.25, -0.2) is 9.97 Å². The molecule has 2 N–H and O–H groups in total. The maximum Gasteiger partial charge on any atom is 0.160 e. The molecular formula is C15H18N6. The van der Waals surface area contributed by atoms with Crippen LogP contribution >= 0.6 is 0 Å². The maximum atomic E-state index is 4.30. The van der Waals surface area contributed by atoms with E-state index >= 15 is 0 Å². The normalized spacial score (nSPS) is 12.7. The summed E-state index contributed by atoms with van der Waals surface area (Å²) in [5.41, 5.74) is 2.01. The highest BCUT2D eigenvalue weighted by molar-refractivity contribution is 5.85. The van der Waals surface area contributed by atoms with E-state index in [0.717, 1.165) is 23.4 Å². The number of aromatic amines is 1. The zero-order valence-electron chi connectivity index (χ0n) is 12.1. The van der Waals surface area contributed by atoms with E-state index in [2.05, 4.69) is 68.7 Å². The Morgan fingerprint density at radius 1 is 1.19 bits per heavy atom. The lowest BCUT2D eigenvalue weighted by atomic mass is 10.1. The molecule has 0 saturated carbocycles. The molecule has 108 valence electrons. The number of hydrogen-bond donors (Lipinski definition) is 2. The molecule has 0 unspecified atom stereocenters. The smallest absolute Gasteiger partial charge is 0.160 e. The third kappa shape index (κ3) is 2.85. The molecular weight excluding hydrogens is 264 g/mol. The van der Waals surface area contributed by atoms with Crippen molar-refractivity contribution in [2.24, 2.45) is 0 Å². The summed E-state index contributed by atoms with van der Waals surface area (Å²) >= 11 is 0. The van der Waals surface area contributed by atoms with Crippen LogP contribution in [0, 0.1) is 0 Å². The Kier molecular flexibility index (Phi) is 3.79. The monoisotopic (exact) mass is 282 g/mol. The summed E-state index contributed by atoms with van der Waals surface area (Å²) in [5, 5.41) is 11.2. The van der Waals surface area contributed by atoms with Crippen LogP contribution in [0.4, 0.5) is 5.82 Å². The van der Waals surface area contributed by atoms with Gasteiger partial charge in [-0.2, -0.15) is 5.10 Å². The molecule has 2 aromatic heterocycles.